The Balaban J connectivity index is 1.55. The predicted octanol–water partition coefficient (Wildman–Crippen LogP) is 11.8. The summed E-state index contributed by atoms with van der Waals surface area (Å²) in [5.41, 5.74) is 7.48. The highest BCUT2D eigenvalue weighted by Gasteiger charge is 2.17. The van der Waals surface area contributed by atoms with Crippen LogP contribution in [0.4, 0.5) is 0 Å². The molecule has 0 spiro atoms. The molecule has 7 aromatic carbocycles. The molecule has 0 aliphatic carbocycles. The molecule has 0 N–H and O–H groups in total. The van der Waals surface area contributed by atoms with Gasteiger partial charge >= 0.3 is 0 Å². The topological polar surface area (TPSA) is 18.1 Å². The molecule has 0 radical (unpaired) electrons. The van der Waals surface area contributed by atoms with Gasteiger partial charge in [0.2, 0.25) is 0 Å². The van der Waals surface area contributed by atoms with Crippen LogP contribution >= 0.6 is 0 Å². The second-order valence-electron chi connectivity index (χ2n) is 11.3. The molecule has 9 aromatic rings. The highest BCUT2D eigenvalue weighted by molar-refractivity contribution is 6.20. The fourth-order valence-electron chi connectivity index (χ4n) is 6.98. The number of aromatic nitrogens is 1. The van der Waals surface area contributed by atoms with Gasteiger partial charge in [0.1, 0.15) is 11.2 Å². The fourth-order valence-corrected chi connectivity index (χ4v) is 6.98. The molecule has 206 valence electrons. The summed E-state index contributed by atoms with van der Waals surface area (Å²) in [6, 6.07) is 58.7. The first-order chi connectivity index (χ1) is 21.9. The van der Waals surface area contributed by atoms with E-state index in [1.807, 2.05) is 12.1 Å². The van der Waals surface area contributed by atoms with Crippen molar-refractivity contribution in [3.8, 4) is 16.8 Å². The zero-order chi connectivity index (χ0) is 29.0. The lowest BCUT2D eigenvalue weighted by Crippen LogP contribution is -2.00. The van der Waals surface area contributed by atoms with E-state index in [4.69, 9.17) is 4.42 Å². The van der Waals surface area contributed by atoms with Crippen molar-refractivity contribution < 1.29 is 4.42 Å². The predicted molar refractivity (Wildman–Crippen MR) is 186 cm³/mol. The zero-order valence-corrected chi connectivity index (χ0v) is 23.9. The number of nitrogens with zero attached hydrogens (tertiary/aromatic N) is 1. The summed E-state index contributed by atoms with van der Waals surface area (Å²) in [4.78, 5) is 0. The summed E-state index contributed by atoms with van der Waals surface area (Å²) in [7, 11) is 0. The first-order valence-electron chi connectivity index (χ1n) is 15.0. The maximum atomic E-state index is 6.33. The minimum absolute atomic E-state index is 0.895. The lowest BCUT2D eigenvalue weighted by Gasteiger charge is -2.18. The van der Waals surface area contributed by atoms with Gasteiger partial charge in [0.25, 0.3) is 0 Å². The minimum atomic E-state index is 0.895. The van der Waals surface area contributed by atoms with E-state index >= 15 is 0 Å². The Kier molecular flexibility index (Phi) is 5.54. The number of hydrogen-bond acceptors (Lipinski definition) is 1. The molecule has 0 atom stereocenters. The third-order valence-corrected chi connectivity index (χ3v) is 8.85. The lowest BCUT2D eigenvalue weighted by atomic mass is 9.97. The Labute approximate surface area is 254 Å². The fraction of sp³-hybridized carbons (Fsp3) is 0. The number of para-hydroxylation sites is 4. The molecule has 0 saturated carbocycles. The molecule has 0 aliphatic rings. The SMILES string of the molecule is c1ccc(-n2c3ccccc3c3ccccc3c3ccccc3c3ccccc32)c(-c2cccc3oc4ccccc4c23)c1. The summed E-state index contributed by atoms with van der Waals surface area (Å²) >= 11 is 0. The van der Waals surface area contributed by atoms with Crippen LogP contribution in [-0.2, 0) is 0 Å². The van der Waals surface area contributed by atoms with Crippen molar-refractivity contribution in [2.24, 2.45) is 0 Å². The first-order valence-corrected chi connectivity index (χ1v) is 15.0. The average molecular weight is 562 g/mol. The normalized spacial score (nSPS) is 11.6. The van der Waals surface area contributed by atoms with Gasteiger partial charge in [0.05, 0.1) is 16.7 Å². The monoisotopic (exact) mass is 561 g/mol. The van der Waals surface area contributed by atoms with E-state index in [0.29, 0.717) is 0 Å². The van der Waals surface area contributed by atoms with Gasteiger partial charge in [0, 0.05) is 27.1 Å². The number of rotatable bonds is 2. The summed E-state index contributed by atoms with van der Waals surface area (Å²) in [5.74, 6) is 0. The van der Waals surface area contributed by atoms with Gasteiger partial charge in [-0.05, 0) is 57.4 Å². The van der Waals surface area contributed by atoms with Crippen molar-refractivity contribution >= 4 is 65.3 Å². The summed E-state index contributed by atoms with van der Waals surface area (Å²) in [5, 5.41) is 9.54. The molecule has 44 heavy (non-hydrogen) atoms. The molecule has 0 bridgehead atoms. The van der Waals surface area contributed by atoms with Crippen LogP contribution in [0.2, 0.25) is 0 Å². The molecule has 0 amide bonds. The van der Waals surface area contributed by atoms with Gasteiger partial charge in [-0.2, -0.15) is 0 Å². The third-order valence-electron chi connectivity index (χ3n) is 8.85. The number of furan rings is 1. The number of hydrogen-bond donors (Lipinski definition) is 0. The minimum Gasteiger partial charge on any atom is -0.456 e. The Hall–Kier alpha value is -5.86. The van der Waals surface area contributed by atoms with Crippen LogP contribution in [-0.4, -0.2) is 4.57 Å². The maximum Gasteiger partial charge on any atom is 0.136 e. The largest absolute Gasteiger partial charge is 0.456 e. The van der Waals surface area contributed by atoms with Crippen LogP contribution in [0, 0.1) is 0 Å². The van der Waals surface area contributed by atoms with Gasteiger partial charge in [-0.1, -0.05) is 133 Å². The highest BCUT2D eigenvalue weighted by Crippen LogP contribution is 2.41. The van der Waals surface area contributed by atoms with Crippen molar-refractivity contribution in [1.82, 2.24) is 4.57 Å². The van der Waals surface area contributed by atoms with E-state index in [0.717, 1.165) is 49.8 Å². The number of benzene rings is 7. The second kappa shape index (κ2) is 9.86. The molecule has 0 aliphatic heterocycles. The second-order valence-corrected chi connectivity index (χ2v) is 11.3. The van der Waals surface area contributed by atoms with Gasteiger partial charge in [-0.15, -0.1) is 0 Å². The van der Waals surface area contributed by atoms with Gasteiger partial charge in [-0.25, -0.2) is 0 Å². The van der Waals surface area contributed by atoms with Crippen molar-refractivity contribution in [2.45, 2.75) is 0 Å². The van der Waals surface area contributed by atoms with E-state index in [-0.39, 0.29) is 0 Å². The molecule has 2 heteroatoms. The molecule has 0 unspecified atom stereocenters. The summed E-state index contributed by atoms with van der Waals surface area (Å²) in [6.45, 7) is 0. The average Bonchev–Trinajstić information content (AvgIpc) is 3.49. The van der Waals surface area contributed by atoms with Crippen LogP contribution in [0.25, 0.3) is 82.1 Å². The standard InChI is InChI=1S/C42H27NO/c1-3-16-30-28(14-1)29-15-2-4-17-31(29)33-19-6-10-24-38(33)43(37-23-9-5-18-32(30)37)39-25-11-7-20-34(39)35-22-13-27-41-42(35)36-21-8-12-26-40(36)44-41/h1-27H. The van der Waals surface area contributed by atoms with Crippen LogP contribution in [0.5, 0.6) is 0 Å². The van der Waals surface area contributed by atoms with E-state index in [1.54, 1.807) is 0 Å². The smallest absolute Gasteiger partial charge is 0.136 e. The van der Waals surface area contributed by atoms with Crippen molar-refractivity contribution in [3.05, 3.63) is 164 Å². The van der Waals surface area contributed by atoms with Crippen molar-refractivity contribution in [2.75, 3.05) is 0 Å². The van der Waals surface area contributed by atoms with Crippen molar-refractivity contribution in [3.63, 3.8) is 0 Å². The van der Waals surface area contributed by atoms with Gasteiger partial charge in [0.15, 0.2) is 0 Å². The van der Waals surface area contributed by atoms with Gasteiger partial charge in [-0.3, -0.25) is 0 Å². The van der Waals surface area contributed by atoms with Crippen molar-refractivity contribution in [1.29, 1.82) is 0 Å². The third kappa shape index (κ3) is 3.68. The molecule has 2 nitrogen and oxygen atoms in total. The summed E-state index contributed by atoms with van der Waals surface area (Å²) < 4.78 is 8.79. The molecular formula is C42H27NO. The molecular weight excluding hydrogens is 534 g/mol. The lowest BCUT2D eigenvalue weighted by molar-refractivity contribution is 0.669. The van der Waals surface area contributed by atoms with E-state index in [2.05, 4.69) is 156 Å². The van der Waals surface area contributed by atoms with Crippen LogP contribution in [0.3, 0.4) is 0 Å². The summed E-state index contributed by atoms with van der Waals surface area (Å²) in [6.07, 6.45) is 0. The Morgan fingerprint density at radius 3 is 1.39 bits per heavy atom. The quantitative estimate of drug-likeness (QED) is 0.205. The maximum absolute atomic E-state index is 6.33. The van der Waals surface area contributed by atoms with Crippen LogP contribution in [0.1, 0.15) is 0 Å². The molecule has 2 aromatic heterocycles. The highest BCUT2D eigenvalue weighted by atomic mass is 16.3. The van der Waals surface area contributed by atoms with E-state index < -0.39 is 0 Å². The van der Waals surface area contributed by atoms with Crippen LogP contribution < -0.4 is 0 Å². The van der Waals surface area contributed by atoms with E-state index in [9.17, 15) is 0 Å². The Morgan fingerprint density at radius 1 is 0.318 bits per heavy atom. The molecule has 9 rings (SSSR count). The molecule has 0 fully saturated rings. The Bertz CT molecular complexity index is 2510. The first kappa shape index (κ1) is 24.7. The number of fused-ring (bicyclic) bond motifs is 10. The Morgan fingerprint density at radius 2 is 0.750 bits per heavy atom. The van der Waals surface area contributed by atoms with Gasteiger partial charge < -0.3 is 8.98 Å². The molecule has 2 heterocycles. The zero-order valence-electron chi connectivity index (χ0n) is 23.9. The van der Waals surface area contributed by atoms with Crippen LogP contribution in [0.15, 0.2) is 168 Å². The molecule has 0 saturated heterocycles. The van der Waals surface area contributed by atoms with E-state index in [1.165, 1.54) is 32.3 Å².